The molecule has 5 atom stereocenters. The molecule has 0 amide bonds. The average Bonchev–Trinajstić information content (AvgIpc) is 3.40. The van der Waals surface area contributed by atoms with Crippen LogP contribution in [0.3, 0.4) is 0 Å². The Kier molecular flexibility index (Phi) is 9.68. The van der Waals surface area contributed by atoms with Gasteiger partial charge in [0.1, 0.15) is 24.9 Å². The predicted molar refractivity (Wildman–Crippen MR) is 155 cm³/mol. The average molecular weight is 546 g/mol. The van der Waals surface area contributed by atoms with Gasteiger partial charge in [-0.3, -0.25) is 0 Å². The number of rotatable bonds is 14. The van der Waals surface area contributed by atoms with Crippen LogP contribution in [0.25, 0.3) is 0 Å². The van der Waals surface area contributed by atoms with Crippen LogP contribution in [0, 0.1) is 0 Å². The molecule has 2 fully saturated rings. The minimum Gasteiger partial charge on any atom is -0.371 e. The van der Waals surface area contributed by atoms with Crippen molar-refractivity contribution >= 4 is 0 Å². The zero-order valence-corrected chi connectivity index (χ0v) is 24.0. The summed E-state index contributed by atoms with van der Waals surface area (Å²) < 4.78 is 33.0. The highest BCUT2D eigenvalue weighted by atomic mass is 16.9. The Morgan fingerprint density at radius 1 is 0.800 bits per heavy atom. The monoisotopic (exact) mass is 545 g/mol. The predicted octanol–water partition coefficient (Wildman–Crippen LogP) is 6.38. The fraction of sp³-hybridized carbons (Fsp3) is 0.471. The molecule has 6 nitrogen and oxygen atoms in total. The number of nitrogens with one attached hydrogen (secondary N) is 1. The second-order valence-corrected chi connectivity index (χ2v) is 11.3. The lowest BCUT2D eigenvalue weighted by Crippen LogP contribution is -2.48. The van der Waals surface area contributed by atoms with Crippen molar-refractivity contribution in [1.82, 2.24) is 5.32 Å². The molecule has 2 saturated heterocycles. The lowest BCUT2D eigenvalue weighted by molar-refractivity contribution is -0.282. The maximum atomic E-state index is 6.94. The van der Waals surface area contributed by atoms with E-state index in [4.69, 9.17) is 23.7 Å². The summed E-state index contributed by atoms with van der Waals surface area (Å²) in [4.78, 5) is 0. The number of ether oxygens (including phenoxy) is 5. The normalized spacial score (nSPS) is 26.0. The van der Waals surface area contributed by atoms with E-state index in [9.17, 15) is 0 Å². The minimum absolute atomic E-state index is 0.0489. The van der Waals surface area contributed by atoms with Crippen LogP contribution in [0.15, 0.2) is 91.0 Å². The molecule has 0 aliphatic carbocycles. The standard InChI is InChI=1S/C34H43NO5/c1-4-5-21-29(35-22-26-15-9-6-10-16-26)30-31(37-24-28-19-13-8-14-20-28)32-34(38-30,40-33(2,3)39-32)25-36-23-27-17-11-7-12-18-27/h6-20,29-32,35H,4-5,21-25H2,1-3H3/t29-,30-,31+,32-,34-/m0/s1. The number of hydrogen-bond donors (Lipinski definition) is 1. The molecule has 6 heteroatoms. The molecule has 2 aliphatic rings. The van der Waals surface area contributed by atoms with Gasteiger partial charge in [-0.2, -0.15) is 0 Å². The number of hydrogen-bond acceptors (Lipinski definition) is 6. The van der Waals surface area contributed by atoms with Crippen LogP contribution in [0.5, 0.6) is 0 Å². The van der Waals surface area contributed by atoms with Gasteiger partial charge in [-0.1, -0.05) is 111 Å². The van der Waals surface area contributed by atoms with Crippen LogP contribution in [0.1, 0.15) is 56.7 Å². The molecule has 5 rings (SSSR count). The van der Waals surface area contributed by atoms with Crippen molar-refractivity contribution in [3.05, 3.63) is 108 Å². The van der Waals surface area contributed by atoms with Gasteiger partial charge in [0, 0.05) is 12.6 Å². The Morgan fingerprint density at radius 3 is 2.02 bits per heavy atom. The first-order valence-electron chi connectivity index (χ1n) is 14.6. The van der Waals surface area contributed by atoms with Crippen LogP contribution < -0.4 is 5.32 Å². The van der Waals surface area contributed by atoms with Gasteiger partial charge >= 0.3 is 0 Å². The van der Waals surface area contributed by atoms with E-state index in [1.165, 1.54) is 5.56 Å². The van der Waals surface area contributed by atoms with Gasteiger partial charge in [-0.15, -0.1) is 0 Å². The quantitative estimate of drug-likeness (QED) is 0.254. The van der Waals surface area contributed by atoms with Gasteiger partial charge in [0.25, 0.3) is 0 Å². The maximum Gasteiger partial charge on any atom is 0.224 e. The van der Waals surface area contributed by atoms with E-state index < -0.39 is 17.7 Å². The Balaban J connectivity index is 1.39. The highest BCUT2D eigenvalue weighted by molar-refractivity contribution is 5.17. The third-order valence-corrected chi connectivity index (χ3v) is 7.60. The second-order valence-electron chi connectivity index (χ2n) is 11.3. The van der Waals surface area contributed by atoms with Crippen molar-refractivity contribution in [3.8, 4) is 0 Å². The van der Waals surface area contributed by atoms with Crippen LogP contribution >= 0.6 is 0 Å². The molecule has 1 N–H and O–H groups in total. The largest absolute Gasteiger partial charge is 0.371 e. The highest BCUT2D eigenvalue weighted by Gasteiger charge is 2.66. The summed E-state index contributed by atoms with van der Waals surface area (Å²) >= 11 is 0. The van der Waals surface area contributed by atoms with Crippen LogP contribution in [-0.4, -0.2) is 42.5 Å². The van der Waals surface area contributed by atoms with Gasteiger partial charge < -0.3 is 29.0 Å². The molecule has 0 bridgehead atoms. The van der Waals surface area contributed by atoms with Crippen molar-refractivity contribution < 1.29 is 23.7 Å². The van der Waals surface area contributed by atoms with E-state index >= 15 is 0 Å². The smallest absolute Gasteiger partial charge is 0.224 e. The van der Waals surface area contributed by atoms with Crippen LogP contribution in [0.2, 0.25) is 0 Å². The third kappa shape index (κ3) is 7.19. The van der Waals surface area contributed by atoms with Crippen molar-refractivity contribution in [2.24, 2.45) is 0 Å². The molecule has 3 aromatic carbocycles. The van der Waals surface area contributed by atoms with Crippen molar-refractivity contribution in [2.45, 2.75) is 95.7 Å². The molecule has 0 spiro atoms. The second kappa shape index (κ2) is 13.4. The first-order chi connectivity index (χ1) is 19.5. The van der Waals surface area contributed by atoms with Crippen molar-refractivity contribution in [1.29, 1.82) is 0 Å². The van der Waals surface area contributed by atoms with Crippen molar-refractivity contribution in [2.75, 3.05) is 6.61 Å². The summed E-state index contributed by atoms with van der Waals surface area (Å²) in [5.74, 6) is -1.89. The Morgan fingerprint density at radius 2 is 1.40 bits per heavy atom. The van der Waals surface area contributed by atoms with E-state index in [-0.39, 0.29) is 24.9 Å². The van der Waals surface area contributed by atoms with Crippen LogP contribution in [0.4, 0.5) is 0 Å². The Hall–Kier alpha value is -2.58. The summed E-state index contributed by atoms with van der Waals surface area (Å²) in [6.45, 7) is 8.00. The summed E-state index contributed by atoms with van der Waals surface area (Å²) in [7, 11) is 0. The van der Waals surface area contributed by atoms with Gasteiger partial charge in [-0.05, 0) is 37.0 Å². The third-order valence-electron chi connectivity index (χ3n) is 7.60. The molecular formula is C34H43NO5. The number of benzene rings is 3. The fourth-order valence-electron chi connectivity index (χ4n) is 5.71. The van der Waals surface area contributed by atoms with E-state index in [2.05, 4.69) is 60.8 Å². The van der Waals surface area contributed by atoms with E-state index in [0.29, 0.717) is 13.2 Å². The van der Waals surface area contributed by atoms with Crippen LogP contribution in [-0.2, 0) is 43.4 Å². The number of unbranched alkanes of at least 4 members (excludes halogenated alkanes) is 1. The minimum atomic E-state index is -1.07. The maximum absolute atomic E-state index is 6.94. The SMILES string of the molecule is CCCC[C@H](NCc1ccccc1)[C@@H]1O[C@@]2(COCc3ccccc3)OC(C)(C)O[C@H]2[C@@H]1OCc1ccccc1. The lowest BCUT2D eigenvalue weighted by Gasteiger charge is -2.33. The fourth-order valence-corrected chi connectivity index (χ4v) is 5.71. The molecule has 40 heavy (non-hydrogen) atoms. The first-order valence-corrected chi connectivity index (χ1v) is 14.6. The zero-order valence-electron chi connectivity index (χ0n) is 24.0. The summed E-state index contributed by atoms with van der Waals surface area (Å²) in [5.41, 5.74) is 3.45. The number of fused-ring (bicyclic) bond motifs is 1. The Labute approximate surface area is 238 Å². The lowest BCUT2D eigenvalue weighted by atomic mass is 9.96. The topological polar surface area (TPSA) is 58.2 Å². The molecule has 2 heterocycles. The summed E-state index contributed by atoms with van der Waals surface area (Å²) in [5, 5.41) is 3.79. The van der Waals surface area contributed by atoms with Gasteiger partial charge in [0.15, 0.2) is 5.79 Å². The summed E-state index contributed by atoms with van der Waals surface area (Å²) in [6, 6.07) is 30.9. The molecule has 3 aromatic rings. The van der Waals surface area contributed by atoms with E-state index in [0.717, 1.165) is 36.9 Å². The zero-order chi connectivity index (χ0) is 27.8. The molecule has 0 unspecified atom stereocenters. The molecular weight excluding hydrogens is 502 g/mol. The summed E-state index contributed by atoms with van der Waals surface area (Å²) in [6.07, 6.45) is 2.08. The van der Waals surface area contributed by atoms with E-state index in [1.807, 2.05) is 56.3 Å². The van der Waals surface area contributed by atoms with Gasteiger partial charge in [-0.25, -0.2) is 0 Å². The first kappa shape index (κ1) is 28.9. The molecule has 2 aliphatic heterocycles. The van der Waals surface area contributed by atoms with Crippen molar-refractivity contribution in [3.63, 3.8) is 0 Å². The highest BCUT2D eigenvalue weighted by Crippen LogP contribution is 2.48. The molecule has 214 valence electrons. The molecule has 0 aromatic heterocycles. The van der Waals surface area contributed by atoms with Gasteiger partial charge in [0.2, 0.25) is 5.79 Å². The molecule has 0 saturated carbocycles. The van der Waals surface area contributed by atoms with Gasteiger partial charge in [0.05, 0.1) is 13.2 Å². The molecule has 0 radical (unpaired) electrons. The Bertz CT molecular complexity index is 1160. The van der Waals surface area contributed by atoms with E-state index in [1.54, 1.807) is 0 Å².